The van der Waals surface area contributed by atoms with Gasteiger partial charge in [0.1, 0.15) is 5.82 Å². The molecule has 2 heterocycles. The van der Waals surface area contributed by atoms with E-state index in [9.17, 15) is 4.79 Å². The van der Waals surface area contributed by atoms with Gasteiger partial charge in [0.25, 0.3) is 5.91 Å². The molecule has 0 saturated carbocycles. The van der Waals surface area contributed by atoms with E-state index in [0.717, 1.165) is 40.1 Å². The fourth-order valence-electron chi connectivity index (χ4n) is 3.15. The molecule has 0 radical (unpaired) electrons. The van der Waals surface area contributed by atoms with E-state index in [1.165, 1.54) is 0 Å². The number of hydrogen-bond acceptors (Lipinski definition) is 3. The Morgan fingerprint density at radius 2 is 1.81 bits per heavy atom. The first-order chi connectivity index (χ1) is 13.1. The molecule has 0 aliphatic rings. The van der Waals surface area contributed by atoms with E-state index < -0.39 is 0 Å². The predicted molar refractivity (Wildman–Crippen MR) is 107 cm³/mol. The van der Waals surface area contributed by atoms with Crippen LogP contribution in [0.4, 0.5) is 5.69 Å². The Bertz CT molecular complexity index is 1110. The van der Waals surface area contributed by atoms with Crippen LogP contribution in [0.1, 0.15) is 27.3 Å². The first-order valence-corrected chi connectivity index (χ1v) is 8.84. The molecule has 27 heavy (non-hydrogen) atoms. The summed E-state index contributed by atoms with van der Waals surface area (Å²) < 4.78 is 2.07. The maximum atomic E-state index is 12.7. The standard InChI is InChI=1S/C22H20N4O/c1-15-5-10-20(19-4-3-11-24-21(15)19)25-22(27)18-8-6-17(7-9-18)14-26-13-12-23-16(26)2/h3-13H,14H2,1-2H3,(H,25,27). The minimum absolute atomic E-state index is 0.130. The van der Waals surface area contributed by atoms with Crippen molar-refractivity contribution in [3.8, 4) is 0 Å². The van der Waals surface area contributed by atoms with Crippen LogP contribution in [-0.2, 0) is 6.54 Å². The number of nitrogens with zero attached hydrogens (tertiary/aromatic N) is 3. The number of anilines is 1. The number of imidazole rings is 1. The Kier molecular flexibility index (Phi) is 4.42. The summed E-state index contributed by atoms with van der Waals surface area (Å²) in [7, 11) is 0. The van der Waals surface area contributed by atoms with Crippen LogP contribution in [0.25, 0.3) is 10.9 Å². The van der Waals surface area contributed by atoms with Crippen LogP contribution in [0.2, 0.25) is 0 Å². The Hall–Kier alpha value is -3.47. The molecule has 0 atom stereocenters. The second-order valence-corrected chi connectivity index (χ2v) is 6.58. The van der Waals surface area contributed by atoms with Crippen molar-refractivity contribution in [2.24, 2.45) is 0 Å². The molecule has 0 aliphatic carbocycles. The van der Waals surface area contributed by atoms with Gasteiger partial charge in [-0.25, -0.2) is 4.98 Å². The lowest BCUT2D eigenvalue weighted by Gasteiger charge is -2.11. The van der Waals surface area contributed by atoms with Crippen LogP contribution < -0.4 is 5.32 Å². The van der Waals surface area contributed by atoms with E-state index in [0.29, 0.717) is 5.56 Å². The molecule has 1 amide bonds. The van der Waals surface area contributed by atoms with Crippen molar-refractivity contribution in [1.82, 2.24) is 14.5 Å². The molecule has 4 aromatic rings. The van der Waals surface area contributed by atoms with Gasteiger partial charge >= 0.3 is 0 Å². The van der Waals surface area contributed by atoms with Crippen molar-refractivity contribution in [1.29, 1.82) is 0 Å². The van der Waals surface area contributed by atoms with Crippen molar-refractivity contribution in [3.05, 3.63) is 89.6 Å². The van der Waals surface area contributed by atoms with E-state index in [1.807, 2.05) is 68.6 Å². The highest BCUT2D eigenvalue weighted by Crippen LogP contribution is 2.25. The number of hydrogen-bond donors (Lipinski definition) is 1. The summed E-state index contributed by atoms with van der Waals surface area (Å²) in [4.78, 5) is 21.3. The summed E-state index contributed by atoms with van der Waals surface area (Å²) in [6.45, 7) is 4.73. The number of aryl methyl sites for hydroxylation is 2. The fraction of sp³-hybridized carbons (Fsp3) is 0.136. The molecular formula is C22H20N4O. The van der Waals surface area contributed by atoms with Gasteiger partial charge in [-0.2, -0.15) is 0 Å². The summed E-state index contributed by atoms with van der Waals surface area (Å²) in [5, 5.41) is 3.95. The summed E-state index contributed by atoms with van der Waals surface area (Å²) >= 11 is 0. The van der Waals surface area contributed by atoms with Gasteiger partial charge in [-0.05, 0) is 55.3 Å². The largest absolute Gasteiger partial charge is 0.331 e. The number of carbonyl (C=O) groups excluding carboxylic acids is 1. The first-order valence-electron chi connectivity index (χ1n) is 8.84. The minimum atomic E-state index is -0.130. The molecule has 5 heteroatoms. The second-order valence-electron chi connectivity index (χ2n) is 6.58. The summed E-state index contributed by atoms with van der Waals surface area (Å²) in [6, 6.07) is 15.4. The number of nitrogens with one attached hydrogen (secondary N) is 1. The zero-order valence-corrected chi connectivity index (χ0v) is 15.3. The summed E-state index contributed by atoms with van der Waals surface area (Å²) in [5.74, 6) is 0.839. The molecule has 0 unspecified atom stereocenters. The maximum absolute atomic E-state index is 12.7. The van der Waals surface area contributed by atoms with Gasteiger partial charge in [-0.1, -0.05) is 18.2 Å². The van der Waals surface area contributed by atoms with Gasteiger partial charge in [0.2, 0.25) is 0 Å². The lowest BCUT2D eigenvalue weighted by molar-refractivity contribution is 0.102. The molecule has 2 aromatic heterocycles. The number of benzene rings is 2. The number of aromatic nitrogens is 3. The number of fused-ring (bicyclic) bond motifs is 1. The maximum Gasteiger partial charge on any atom is 0.255 e. The third kappa shape index (κ3) is 3.44. The Morgan fingerprint density at radius 3 is 2.56 bits per heavy atom. The van der Waals surface area contributed by atoms with Crippen LogP contribution in [0.5, 0.6) is 0 Å². The molecule has 0 aliphatic heterocycles. The first kappa shape index (κ1) is 17.0. The van der Waals surface area contributed by atoms with Crippen LogP contribution in [0.15, 0.2) is 67.1 Å². The molecule has 134 valence electrons. The predicted octanol–water partition coefficient (Wildman–Crippen LogP) is 4.35. The zero-order chi connectivity index (χ0) is 18.8. The highest BCUT2D eigenvalue weighted by Gasteiger charge is 2.10. The third-order valence-corrected chi connectivity index (χ3v) is 4.71. The van der Waals surface area contributed by atoms with Crippen LogP contribution in [0, 0.1) is 13.8 Å². The summed E-state index contributed by atoms with van der Waals surface area (Å²) in [6.07, 6.45) is 5.51. The van der Waals surface area contributed by atoms with Crippen molar-refractivity contribution in [2.45, 2.75) is 20.4 Å². The lowest BCUT2D eigenvalue weighted by Crippen LogP contribution is -2.12. The quantitative estimate of drug-likeness (QED) is 0.591. The summed E-state index contributed by atoms with van der Waals surface area (Å²) in [5.41, 5.74) is 4.51. The average molecular weight is 356 g/mol. The van der Waals surface area contributed by atoms with E-state index in [1.54, 1.807) is 12.4 Å². The highest BCUT2D eigenvalue weighted by molar-refractivity contribution is 6.09. The van der Waals surface area contributed by atoms with Crippen molar-refractivity contribution < 1.29 is 4.79 Å². The normalized spacial score (nSPS) is 10.9. The number of rotatable bonds is 4. The van der Waals surface area contributed by atoms with Crippen molar-refractivity contribution in [2.75, 3.05) is 5.32 Å². The average Bonchev–Trinajstić information content (AvgIpc) is 3.09. The third-order valence-electron chi connectivity index (χ3n) is 4.71. The monoisotopic (exact) mass is 356 g/mol. The number of pyridine rings is 1. The van der Waals surface area contributed by atoms with E-state index in [-0.39, 0.29) is 5.91 Å². The smallest absolute Gasteiger partial charge is 0.255 e. The lowest BCUT2D eigenvalue weighted by atomic mass is 10.1. The highest BCUT2D eigenvalue weighted by atomic mass is 16.1. The van der Waals surface area contributed by atoms with Gasteiger partial charge in [0.05, 0.1) is 11.2 Å². The number of amides is 1. The second kappa shape index (κ2) is 7.03. The van der Waals surface area contributed by atoms with Gasteiger partial charge in [-0.3, -0.25) is 9.78 Å². The van der Waals surface area contributed by atoms with Crippen molar-refractivity contribution in [3.63, 3.8) is 0 Å². The van der Waals surface area contributed by atoms with Gasteiger partial charge in [0.15, 0.2) is 0 Å². The Labute approximate surface area is 157 Å². The Morgan fingerprint density at radius 1 is 1.00 bits per heavy atom. The zero-order valence-electron chi connectivity index (χ0n) is 15.3. The van der Waals surface area contributed by atoms with Gasteiger partial charge in [-0.15, -0.1) is 0 Å². The molecule has 0 fully saturated rings. The SMILES string of the molecule is Cc1ccc(NC(=O)c2ccc(Cn3ccnc3C)cc2)c2cccnc12. The fourth-order valence-corrected chi connectivity index (χ4v) is 3.15. The van der Waals surface area contributed by atoms with Crippen molar-refractivity contribution >= 4 is 22.5 Å². The minimum Gasteiger partial charge on any atom is -0.331 e. The molecule has 5 nitrogen and oxygen atoms in total. The van der Waals surface area contributed by atoms with Crippen LogP contribution in [-0.4, -0.2) is 20.4 Å². The molecule has 0 bridgehead atoms. The van der Waals surface area contributed by atoms with Gasteiger partial charge in [0, 0.05) is 36.1 Å². The molecule has 0 saturated heterocycles. The van der Waals surface area contributed by atoms with E-state index in [2.05, 4.69) is 19.9 Å². The molecule has 2 aromatic carbocycles. The Balaban J connectivity index is 1.54. The number of carbonyl (C=O) groups is 1. The molecular weight excluding hydrogens is 336 g/mol. The van der Waals surface area contributed by atoms with Crippen LogP contribution in [0.3, 0.4) is 0 Å². The van der Waals surface area contributed by atoms with Gasteiger partial charge < -0.3 is 9.88 Å². The van der Waals surface area contributed by atoms with Crippen LogP contribution >= 0.6 is 0 Å². The molecule has 0 spiro atoms. The molecule has 4 rings (SSSR count). The van der Waals surface area contributed by atoms with E-state index in [4.69, 9.17) is 0 Å². The topological polar surface area (TPSA) is 59.8 Å². The molecule has 1 N–H and O–H groups in total. The van der Waals surface area contributed by atoms with E-state index >= 15 is 0 Å².